The van der Waals surface area contributed by atoms with E-state index in [9.17, 15) is 4.79 Å². The predicted octanol–water partition coefficient (Wildman–Crippen LogP) is 1.01. The van der Waals surface area contributed by atoms with Crippen LogP contribution in [0.5, 0.6) is 0 Å². The zero-order valence-electron chi connectivity index (χ0n) is 12.8. The van der Waals surface area contributed by atoms with Crippen LogP contribution in [0, 0.1) is 5.92 Å². The van der Waals surface area contributed by atoms with Crippen LogP contribution < -0.4 is 0 Å². The Bertz CT molecular complexity index is 232. The molecule has 0 aliphatic carbocycles. The van der Waals surface area contributed by atoms with E-state index in [1.54, 1.807) is 0 Å². The highest BCUT2D eigenvalue weighted by atomic mass is 16.6. The first-order valence-electron chi connectivity index (χ1n) is 7.09. The summed E-state index contributed by atoms with van der Waals surface area (Å²) < 4.78 is 20.6. The fourth-order valence-corrected chi connectivity index (χ4v) is 1.63. The molecular formula is C14H28O6. The average molecular weight is 292 g/mol. The number of carbonyl (C=O) groups excluding carboxylic acids is 1. The van der Waals surface area contributed by atoms with Crippen LogP contribution in [0.15, 0.2) is 0 Å². The minimum Gasteiger partial charge on any atom is -0.461 e. The molecule has 0 aromatic carbocycles. The van der Waals surface area contributed by atoms with Crippen LogP contribution in [-0.2, 0) is 23.7 Å². The van der Waals surface area contributed by atoms with Gasteiger partial charge in [-0.05, 0) is 19.3 Å². The van der Waals surface area contributed by atoms with Crippen molar-refractivity contribution >= 4 is 5.97 Å². The molecule has 0 aromatic rings. The Balaban J connectivity index is 3.31. The second-order valence-corrected chi connectivity index (χ2v) is 4.93. The SMILES string of the molecule is CC(C)CC(C)OC(=O)COCCOCCOCCO. The van der Waals surface area contributed by atoms with Crippen LogP contribution in [-0.4, -0.2) is 63.4 Å². The number of carbonyl (C=O) groups is 1. The normalized spacial score (nSPS) is 12.7. The average Bonchev–Trinajstić information content (AvgIpc) is 2.35. The number of aliphatic hydroxyl groups is 1. The fourth-order valence-electron chi connectivity index (χ4n) is 1.63. The maximum atomic E-state index is 11.4. The summed E-state index contributed by atoms with van der Waals surface area (Å²) in [4.78, 5) is 11.4. The summed E-state index contributed by atoms with van der Waals surface area (Å²) in [6.45, 7) is 7.96. The molecule has 20 heavy (non-hydrogen) atoms. The van der Waals surface area contributed by atoms with Crippen molar-refractivity contribution in [3.63, 3.8) is 0 Å². The van der Waals surface area contributed by atoms with Gasteiger partial charge in [0, 0.05) is 0 Å². The summed E-state index contributed by atoms with van der Waals surface area (Å²) in [5, 5.41) is 8.47. The second-order valence-electron chi connectivity index (χ2n) is 4.93. The lowest BCUT2D eigenvalue weighted by atomic mass is 10.1. The van der Waals surface area contributed by atoms with E-state index in [1.807, 2.05) is 6.92 Å². The maximum Gasteiger partial charge on any atom is 0.332 e. The number of aliphatic hydroxyl groups excluding tert-OH is 1. The van der Waals surface area contributed by atoms with Crippen LogP contribution in [0.2, 0.25) is 0 Å². The third-order valence-electron chi connectivity index (χ3n) is 2.34. The van der Waals surface area contributed by atoms with Crippen LogP contribution >= 0.6 is 0 Å². The van der Waals surface area contributed by atoms with E-state index in [4.69, 9.17) is 24.1 Å². The Kier molecular flexibility index (Phi) is 12.8. The Morgan fingerprint density at radius 2 is 1.50 bits per heavy atom. The Morgan fingerprint density at radius 1 is 0.950 bits per heavy atom. The van der Waals surface area contributed by atoms with Crippen molar-refractivity contribution in [3.8, 4) is 0 Å². The standard InChI is InChI=1S/C14H28O6/c1-12(2)10-13(3)20-14(16)11-19-9-8-18-7-6-17-5-4-15/h12-13,15H,4-11H2,1-3H3. The lowest BCUT2D eigenvalue weighted by Crippen LogP contribution is -2.21. The van der Waals surface area contributed by atoms with Gasteiger partial charge in [-0.3, -0.25) is 0 Å². The van der Waals surface area contributed by atoms with E-state index in [2.05, 4.69) is 13.8 Å². The van der Waals surface area contributed by atoms with E-state index in [0.29, 0.717) is 39.0 Å². The predicted molar refractivity (Wildman–Crippen MR) is 74.6 cm³/mol. The zero-order chi connectivity index (χ0) is 15.2. The second kappa shape index (κ2) is 13.3. The van der Waals surface area contributed by atoms with Gasteiger partial charge in [0.1, 0.15) is 6.61 Å². The van der Waals surface area contributed by atoms with Gasteiger partial charge in [-0.15, -0.1) is 0 Å². The molecule has 0 radical (unpaired) electrons. The van der Waals surface area contributed by atoms with Gasteiger partial charge in [0.05, 0.1) is 45.7 Å². The largest absolute Gasteiger partial charge is 0.461 e. The van der Waals surface area contributed by atoms with Gasteiger partial charge in [0.2, 0.25) is 0 Å². The Hall–Kier alpha value is -0.690. The molecule has 1 N–H and O–H groups in total. The van der Waals surface area contributed by atoms with Gasteiger partial charge >= 0.3 is 5.97 Å². The monoisotopic (exact) mass is 292 g/mol. The Labute approximate surface area is 121 Å². The third-order valence-corrected chi connectivity index (χ3v) is 2.34. The molecule has 1 unspecified atom stereocenters. The maximum absolute atomic E-state index is 11.4. The molecule has 6 nitrogen and oxygen atoms in total. The number of hydrogen-bond donors (Lipinski definition) is 1. The number of esters is 1. The molecule has 0 aliphatic rings. The van der Waals surface area contributed by atoms with Crippen molar-refractivity contribution in [2.75, 3.05) is 46.2 Å². The van der Waals surface area contributed by atoms with Crippen LogP contribution in [0.25, 0.3) is 0 Å². The molecule has 0 saturated carbocycles. The van der Waals surface area contributed by atoms with Crippen molar-refractivity contribution in [3.05, 3.63) is 0 Å². The van der Waals surface area contributed by atoms with Crippen molar-refractivity contribution in [2.45, 2.75) is 33.3 Å². The topological polar surface area (TPSA) is 74.2 Å². The first kappa shape index (κ1) is 19.3. The minimum atomic E-state index is -0.343. The fraction of sp³-hybridized carbons (Fsp3) is 0.929. The molecule has 1 atom stereocenters. The zero-order valence-corrected chi connectivity index (χ0v) is 12.8. The minimum absolute atomic E-state index is 0.0143. The lowest BCUT2D eigenvalue weighted by Gasteiger charge is -2.15. The number of hydrogen-bond acceptors (Lipinski definition) is 6. The van der Waals surface area contributed by atoms with E-state index >= 15 is 0 Å². The number of ether oxygens (including phenoxy) is 4. The van der Waals surface area contributed by atoms with Gasteiger partial charge in [-0.1, -0.05) is 13.8 Å². The summed E-state index contributed by atoms with van der Waals surface area (Å²) in [6, 6.07) is 0. The molecule has 120 valence electrons. The van der Waals surface area contributed by atoms with Crippen molar-refractivity contribution in [1.29, 1.82) is 0 Å². The third kappa shape index (κ3) is 13.7. The first-order valence-corrected chi connectivity index (χ1v) is 7.09. The van der Waals surface area contributed by atoms with Crippen LogP contribution in [0.3, 0.4) is 0 Å². The van der Waals surface area contributed by atoms with Gasteiger partial charge in [0.25, 0.3) is 0 Å². The molecule has 6 heteroatoms. The summed E-state index contributed by atoms with van der Waals surface area (Å²) >= 11 is 0. The molecule has 0 heterocycles. The van der Waals surface area contributed by atoms with E-state index in [1.165, 1.54) is 0 Å². The molecule has 0 aliphatic heterocycles. The van der Waals surface area contributed by atoms with Crippen molar-refractivity contribution < 1.29 is 28.8 Å². The molecule has 0 aromatic heterocycles. The summed E-state index contributed by atoms with van der Waals surface area (Å²) in [5.41, 5.74) is 0. The van der Waals surface area contributed by atoms with Gasteiger partial charge in [-0.2, -0.15) is 0 Å². The first-order chi connectivity index (χ1) is 9.56. The van der Waals surface area contributed by atoms with Gasteiger partial charge in [0.15, 0.2) is 0 Å². The number of rotatable bonds is 13. The Morgan fingerprint density at radius 3 is 2.05 bits per heavy atom. The van der Waals surface area contributed by atoms with Crippen molar-refractivity contribution in [2.24, 2.45) is 5.92 Å². The molecule has 0 spiro atoms. The van der Waals surface area contributed by atoms with Gasteiger partial charge in [-0.25, -0.2) is 4.79 Å². The van der Waals surface area contributed by atoms with Crippen LogP contribution in [0.4, 0.5) is 0 Å². The quantitative estimate of drug-likeness (QED) is 0.403. The highest BCUT2D eigenvalue weighted by molar-refractivity contribution is 5.70. The molecule has 0 amide bonds. The smallest absolute Gasteiger partial charge is 0.332 e. The van der Waals surface area contributed by atoms with E-state index < -0.39 is 0 Å². The molecule has 0 saturated heterocycles. The summed E-state index contributed by atoms with van der Waals surface area (Å²) in [7, 11) is 0. The van der Waals surface area contributed by atoms with E-state index in [-0.39, 0.29) is 25.3 Å². The molecule has 0 bridgehead atoms. The summed E-state index contributed by atoms with van der Waals surface area (Å²) in [5.74, 6) is 0.157. The molecule has 0 fully saturated rings. The van der Waals surface area contributed by atoms with Crippen LogP contribution in [0.1, 0.15) is 27.2 Å². The van der Waals surface area contributed by atoms with Gasteiger partial charge < -0.3 is 24.1 Å². The summed E-state index contributed by atoms with van der Waals surface area (Å²) in [6.07, 6.45) is 0.772. The van der Waals surface area contributed by atoms with Crippen molar-refractivity contribution in [1.82, 2.24) is 0 Å². The highest BCUT2D eigenvalue weighted by Gasteiger charge is 2.10. The van der Waals surface area contributed by atoms with E-state index in [0.717, 1.165) is 6.42 Å². The lowest BCUT2D eigenvalue weighted by molar-refractivity contribution is -0.154. The molecular weight excluding hydrogens is 264 g/mol. The highest BCUT2D eigenvalue weighted by Crippen LogP contribution is 2.07. The molecule has 0 rings (SSSR count).